The molecule has 1 aromatic rings. The number of carboxylic acids is 2. The molecule has 0 saturated heterocycles. The molecular formula is C16H24O4. The van der Waals surface area contributed by atoms with E-state index in [1.54, 1.807) is 24.3 Å². The van der Waals surface area contributed by atoms with Crippen LogP contribution in [0.4, 0.5) is 0 Å². The van der Waals surface area contributed by atoms with Crippen molar-refractivity contribution in [2.45, 2.75) is 39.5 Å². The Bertz CT molecular complexity index is 448. The standard InChI is InChI=1S/C8H14O2.C8H8O2.H2/c2*1-6-2-4-7(5-3-6)8(9)10;/h6-7H,2-5H2,1H3,(H,9,10);2-5H,1H3,(H,9,10);1H/i;;1+2. The Kier molecular flexibility index (Phi) is 6.22. The van der Waals surface area contributed by atoms with Crippen molar-refractivity contribution < 1.29 is 21.2 Å². The largest absolute Gasteiger partial charge is 0.481 e. The first-order valence-corrected chi connectivity index (χ1v) is 6.93. The van der Waals surface area contributed by atoms with Crippen LogP contribution in [0.2, 0.25) is 0 Å². The molecule has 0 spiro atoms. The molecular weight excluding hydrogens is 256 g/mol. The molecule has 0 unspecified atom stereocenters. The SMILES string of the molecule is CC1CCC(C(=O)O)CC1.Cc1ccc(C(=O)O)cc1.[3HH]. The van der Waals surface area contributed by atoms with Gasteiger partial charge in [0.05, 0.1) is 11.5 Å². The van der Waals surface area contributed by atoms with E-state index in [-0.39, 0.29) is 7.34 Å². The lowest BCUT2D eigenvalue weighted by molar-refractivity contribution is -0.143. The van der Waals surface area contributed by atoms with E-state index in [9.17, 15) is 9.59 Å². The number of aromatic carboxylic acids is 1. The summed E-state index contributed by atoms with van der Waals surface area (Å²) in [7, 11) is 0. The van der Waals surface area contributed by atoms with Crippen LogP contribution in [0.3, 0.4) is 0 Å². The van der Waals surface area contributed by atoms with Gasteiger partial charge in [-0.25, -0.2) is 4.79 Å². The Morgan fingerprint density at radius 2 is 1.55 bits per heavy atom. The van der Waals surface area contributed by atoms with Crippen LogP contribution in [0, 0.1) is 18.8 Å². The van der Waals surface area contributed by atoms with Gasteiger partial charge in [0.25, 0.3) is 0 Å². The minimum absolute atomic E-state index is 0. The Balaban J connectivity index is 0.000000364. The topological polar surface area (TPSA) is 74.6 Å². The molecule has 1 saturated carbocycles. The molecule has 4 nitrogen and oxygen atoms in total. The van der Waals surface area contributed by atoms with Gasteiger partial charge in [-0.3, -0.25) is 4.79 Å². The fourth-order valence-electron chi connectivity index (χ4n) is 2.20. The summed E-state index contributed by atoms with van der Waals surface area (Å²) in [5.41, 5.74) is 1.41. The summed E-state index contributed by atoms with van der Waals surface area (Å²) in [6, 6.07) is 6.75. The van der Waals surface area contributed by atoms with Crippen LogP contribution in [0.25, 0.3) is 0 Å². The zero-order valence-electron chi connectivity index (χ0n) is 12.0. The van der Waals surface area contributed by atoms with E-state index >= 15 is 0 Å². The number of aryl methyl sites for hydroxylation is 1. The minimum Gasteiger partial charge on any atom is -0.481 e. The van der Waals surface area contributed by atoms with Gasteiger partial charge in [0.1, 0.15) is 0 Å². The van der Waals surface area contributed by atoms with Crippen molar-refractivity contribution in [3.8, 4) is 0 Å². The highest BCUT2D eigenvalue weighted by Gasteiger charge is 2.23. The third-order valence-electron chi connectivity index (χ3n) is 3.66. The number of carbonyl (C=O) groups is 2. The lowest BCUT2D eigenvalue weighted by Crippen LogP contribution is -2.19. The highest BCUT2D eigenvalue weighted by molar-refractivity contribution is 5.87. The fraction of sp³-hybridized carbons (Fsp3) is 0.500. The maximum atomic E-state index is 10.5. The van der Waals surface area contributed by atoms with Crippen molar-refractivity contribution in [1.29, 1.82) is 0 Å². The summed E-state index contributed by atoms with van der Waals surface area (Å²) < 4.78 is 0. The summed E-state index contributed by atoms with van der Waals surface area (Å²) in [6.07, 6.45) is 3.96. The molecule has 0 amide bonds. The van der Waals surface area contributed by atoms with E-state index < -0.39 is 11.9 Å². The second kappa shape index (κ2) is 7.68. The van der Waals surface area contributed by atoms with Crippen LogP contribution in [-0.4, -0.2) is 22.2 Å². The lowest BCUT2D eigenvalue weighted by atomic mass is 9.83. The molecule has 1 fully saturated rings. The average Bonchev–Trinajstić information content (AvgIpc) is 2.40. The summed E-state index contributed by atoms with van der Waals surface area (Å²) >= 11 is 0. The summed E-state index contributed by atoms with van der Waals surface area (Å²) in [5.74, 6) is -0.779. The van der Waals surface area contributed by atoms with Gasteiger partial charge in [0, 0.05) is 1.43 Å². The van der Waals surface area contributed by atoms with Crippen LogP contribution in [0.1, 0.15) is 50.0 Å². The van der Waals surface area contributed by atoms with Crippen molar-refractivity contribution in [1.82, 2.24) is 0 Å². The van der Waals surface area contributed by atoms with Crippen molar-refractivity contribution in [2.24, 2.45) is 11.8 Å². The van der Waals surface area contributed by atoms with E-state index in [1.165, 1.54) is 0 Å². The molecule has 0 atom stereocenters. The molecule has 4 heteroatoms. The monoisotopic (exact) mass is 282 g/mol. The van der Waals surface area contributed by atoms with Gasteiger partial charge >= 0.3 is 11.9 Å². The van der Waals surface area contributed by atoms with E-state index in [4.69, 9.17) is 10.2 Å². The molecule has 0 aliphatic heterocycles. The first-order chi connectivity index (χ1) is 9.40. The number of rotatable bonds is 2. The van der Waals surface area contributed by atoms with Crippen molar-refractivity contribution in [3.05, 3.63) is 35.4 Å². The molecule has 2 rings (SSSR count). The number of aliphatic carboxylic acids is 1. The van der Waals surface area contributed by atoms with Crippen LogP contribution < -0.4 is 0 Å². The van der Waals surface area contributed by atoms with E-state index in [0.717, 1.165) is 37.2 Å². The van der Waals surface area contributed by atoms with Crippen LogP contribution in [0.15, 0.2) is 24.3 Å². The van der Waals surface area contributed by atoms with Gasteiger partial charge in [-0.1, -0.05) is 24.6 Å². The predicted molar refractivity (Wildman–Crippen MR) is 79.0 cm³/mol. The van der Waals surface area contributed by atoms with E-state index in [1.807, 2.05) is 6.92 Å². The van der Waals surface area contributed by atoms with Crippen LogP contribution in [0.5, 0.6) is 0 Å². The van der Waals surface area contributed by atoms with Crippen LogP contribution >= 0.6 is 0 Å². The van der Waals surface area contributed by atoms with Crippen molar-refractivity contribution >= 4 is 11.9 Å². The number of benzene rings is 1. The van der Waals surface area contributed by atoms with Gasteiger partial charge < -0.3 is 10.2 Å². The number of carboxylic acid groups (broad SMARTS) is 2. The normalized spacial score (nSPS) is 21.5. The van der Waals surface area contributed by atoms with Crippen molar-refractivity contribution in [3.63, 3.8) is 0 Å². The summed E-state index contributed by atoms with van der Waals surface area (Å²) in [5, 5.41) is 17.1. The van der Waals surface area contributed by atoms with Gasteiger partial charge in [-0.15, -0.1) is 0 Å². The highest BCUT2D eigenvalue weighted by Crippen LogP contribution is 2.27. The van der Waals surface area contributed by atoms with E-state index in [2.05, 4.69) is 6.92 Å². The molecule has 0 radical (unpaired) electrons. The van der Waals surface area contributed by atoms with Gasteiger partial charge in [0.2, 0.25) is 0 Å². The second-order valence-corrected chi connectivity index (χ2v) is 5.47. The number of hydrogen-bond donors (Lipinski definition) is 2. The molecule has 0 bridgehead atoms. The predicted octanol–water partition coefficient (Wildman–Crippen LogP) is 3.84. The maximum absolute atomic E-state index is 10.5. The Labute approximate surface area is 120 Å². The molecule has 112 valence electrons. The average molecular weight is 282 g/mol. The third-order valence-corrected chi connectivity index (χ3v) is 3.66. The molecule has 1 aliphatic carbocycles. The minimum atomic E-state index is -0.875. The number of hydrogen-bond acceptors (Lipinski definition) is 2. The molecule has 0 aromatic heterocycles. The summed E-state index contributed by atoms with van der Waals surface area (Å²) in [6.45, 7) is 4.11. The quantitative estimate of drug-likeness (QED) is 0.864. The van der Waals surface area contributed by atoms with Gasteiger partial charge in [-0.05, 0) is 50.7 Å². The highest BCUT2D eigenvalue weighted by atomic mass is 16.4. The zero-order chi connectivity index (χ0) is 15.1. The molecule has 1 aliphatic rings. The third kappa shape index (κ3) is 5.43. The van der Waals surface area contributed by atoms with E-state index in [0.29, 0.717) is 5.56 Å². The smallest absolute Gasteiger partial charge is 0.335 e. The molecule has 0 heterocycles. The second-order valence-electron chi connectivity index (χ2n) is 5.47. The Hall–Kier alpha value is -1.84. The van der Waals surface area contributed by atoms with Gasteiger partial charge in [0.15, 0.2) is 0 Å². The molecule has 1 aromatic carbocycles. The van der Waals surface area contributed by atoms with Crippen LogP contribution in [-0.2, 0) is 4.79 Å². The fourth-order valence-corrected chi connectivity index (χ4v) is 2.20. The Morgan fingerprint density at radius 1 is 1.05 bits per heavy atom. The summed E-state index contributed by atoms with van der Waals surface area (Å²) in [4.78, 5) is 20.8. The lowest BCUT2D eigenvalue weighted by Gasteiger charge is -2.22. The first kappa shape index (κ1) is 16.2. The molecule has 2 N–H and O–H groups in total. The zero-order valence-corrected chi connectivity index (χ0v) is 12.0. The van der Waals surface area contributed by atoms with Crippen molar-refractivity contribution in [2.75, 3.05) is 0 Å². The first-order valence-electron chi connectivity index (χ1n) is 6.93. The molecule has 20 heavy (non-hydrogen) atoms. The van der Waals surface area contributed by atoms with Gasteiger partial charge in [-0.2, -0.15) is 0 Å². The maximum Gasteiger partial charge on any atom is 0.335 e. The Morgan fingerprint density at radius 3 is 1.95 bits per heavy atom.